The number of benzene rings is 2. The molecule has 0 fully saturated rings. The molecule has 2 amide bonds. The number of hydrogen-bond acceptors (Lipinski definition) is 4. The molecule has 0 saturated heterocycles. The number of aromatic nitrogens is 1. The second kappa shape index (κ2) is 9.96. The minimum Gasteiger partial charge on any atom is -0.324 e. The van der Waals surface area contributed by atoms with Crippen LogP contribution in [-0.4, -0.2) is 21.2 Å². The fourth-order valence-electron chi connectivity index (χ4n) is 2.76. The van der Waals surface area contributed by atoms with Crippen molar-refractivity contribution in [2.45, 2.75) is 19.0 Å². The van der Waals surface area contributed by atoms with Gasteiger partial charge in [-0.3, -0.25) is 19.0 Å². The first-order chi connectivity index (χ1) is 14.4. The summed E-state index contributed by atoms with van der Waals surface area (Å²) < 4.78 is 14.0. The van der Waals surface area contributed by atoms with Crippen LogP contribution >= 0.6 is 11.8 Å². The molecule has 0 spiro atoms. The first kappa shape index (κ1) is 21.4. The Morgan fingerprint density at radius 2 is 1.67 bits per heavy atom. The van der Waals surface area contributed by atoms with Gasteiger partial charge in [-0.1, -0.05) is 24.3 Å². The summed E-state index contributed by atoms with van der Waals surface area (Å²) in [5, 5.41) is 2.77. The highest BCUT2D eigenvalue weighted by Gasteiger charge is 2.18. The summed E-state index contributed by atoms with van der Waals surface area (Å²) in [6.07, 6.45) is 3.17. The lowest BCUT2D eigenvalue weighted by atomic mass is 10.0. The molecule has 1 unspecified atom stereocenters. The van der Waals surface area contributed by atoms with Crippen molar-refractivity contribution in [1.29, 1.82) is 0 Å². The summed E-state index contributed by atoms with van der Waals surface area (Å²) in [4.78, 5) is 28.5. The highest BCUT2D eigenvalue weighted by molar-refractivity contribution is 6.21. The fraction of sp³-hybridized carbons (Fsp3) is 0.136. The molecular weight excluding hydrogens is 407 g/mol. The van der Waals surface area contributed by atoms with Gasteiger partial charge in [0.05, 0.1) is 6.54 Å². The van der Waals surface area contributed by atoms with Crippen LogP contribution in [0, 0.1) is 5.82 Å². The molecule has 0 radical (unpaired) electrons. The largest absolute Gasteiger partial charge is 0.324 e. The number of nitrogens with one attached hydrogen (secondary N) is 1. The second-order valence-corrected chi connectivity index (χ2v) is 7.07. The maximum atomic E-state index is 13.0. The average Bonchev–Trinajstić information content (AvgIpc) is 2.76. The number of nitrogens with zero attached hydrogens (tertiary/aromatic N) is 2. The number of rotatable bonds is 7. The van der Waals surface area contributed by atoms with Crippen molar-refractivity contribution in [2.24, 2.45) is 5.73 Å². The standard InChI is InChI=1S/C22H20ClFN4O2/c23-28(14-15-1-7-18(24)8-2-15)21(29)13-20(25)16-3-5-17(6-4-16)22(30)27-19-9-11-26-12-10-19/h1-12,20H,13-14,25H2,(H,26,27,30). The van der Waals surface area contributed by atoms with Crippen molar-refractivity contribution in [1.82, 2.24) is 9.40 Å². The van der Waals surface area contributed by atoms with Crippen molar-refractivity contribution in [3.8, 4) is 0 Å². The molecule has 30 heavy (non-hydrogen) atoms. The molecule has 6 nitrogen and oxygen atoms in total. The van der Waals surface area contributed by atoms with Crippen LogP contribution in [0.4, 0.5) is 10.1 Å². The Labute approximate surface area is 178 Å². The van der Waals surface area contributed by atoms with Gasteiger partial charge in [-0.05, 0) is 47.5 Å². The first-order valence-electron chi connectivity index (χ1n) is 9.20. The van der Waals surface area contributed by atoms with E-state index >= 15 is 0 Å². The topological polar surface area (TPSA) is 88.3 Å². The predicted octanol–water partition coefficient (Wildman–Crippen LogP) is 4.05. The molecule has 3 N–H and O–H groups in total. The van der Waals surface area contributed by atoms with E-state index in [4.69, 9.17) is 17.5 Å². The van der Waals surface area contributed by atoms with Gasteiger partial charge < -0.3 is 11.1 Å². The monoisotopic (exact) mass is 426 g/mol. The van der Waals surface area contributed by atoms with E-state index in [1.807, 2.05) is 0 Å². The van der Waals surface area contributed by atoms with Crippen molar-refractivity contribution in [3.63, 3.8) is 0 Å². The highest BCUT2D eigenvalue weighted by atomic mass is 35.5. The molecule has 3 aromatic rings. The van der Waals surface area contributed by atoms with E-state index in [1.165, 1.54) is 12.1 Å². The van der Waals surface area contributed by atoms with Crippen molar-refractivity contribution in [2.75, 3.05) is 5.32 Å². The molecule has 2 aromatic carbocycles. The lowest BCUT2D eigenvalue weighted by molar-refractivity contribution is -0.127. The van der Waals surface area contributed by atoms with Gasteiger partial charge in [-0.15, -0.1) is 0 Å². The van der Waals surface area contributed by atoms with E-state index in [9.17, 15) is 14.0 Å². The third-order valence-electron chi connectivity index (χ3n) is 4.44. The number of amides is 2. The van der Waals surface area contributed by atoms with E-state index in [-0.39, 0.29) is 30.6 Å². The number of pyridine rings is 1. The Hall–Kier alpha value is -3.29. The molecule has 154 valence electrons. The lowest BCUT2D eigenvalue weighted by Gasteiger charge is -2.17. The van der Waals surface area contributed by atoms with Crippen molar-refractivity contribution in [3.05, 3.63) is 95.6 Å². The lowest BCUT2D eigenvalue weighted by Crippen LogP contribution is -2.26. The molecule has 0 bridgehead atoms. The summed E-state index contributed by atoms with van der Waals surface area (Å²) in [5.41, 5.74) is 8.65. The van der Waals surface area contributed by atoms with Crippen LogP contribution in [0.2, 0.25) is 0 Å². The Balaban J connectivity index is 1.55. The Morgan fingerprint density at radius 1 is 1.03 bits per heavy atom. The molecule has 0 aliphatic carbocycles. The smallest absolute Gasteiger partial charge is 0.255 e. The zero-order valence-electron chi connectivity index (χ0n) is 16.0. The summed E-state index contributed by atoms with van der Waals surface area (Å²) >= 11 is 6.06. The molecule has 1 atom stereocenters. The number of halogens is 2. The molecular formula is C22H20ClFN4O2. The molecule has 3 rings (SSSR count). The maximum absolute atomic E-state index is 13.0. The molecule has 1 aromatic heterocycles. The van der Waals surface area contributed by atoms with Crippen LogP contribution in [0.3, 0.4) is 0 Å². The van der Waals surface area contributed by atoms with Gasteiger partial charge in [0, 0.05) is 47.9 Å². The third-order valence-corrected chi connectivity index (χ3v) is 4.75. The quantitative estimate of drug-likeness (QED) is 0.558. The first-order valence-corrected chi connectivity index (χ1v) is 9.53. The molecule has 0 aliphatic rings. The normalized spacial score (nSPS) is 11.6. The molecule has 1 heterocycles. The van der Waals surface area contributed by atoms with Gasteiger partial charge in [0.1, 0.15) is 5.82 Å². The summed E-state index contributed by atoms with van der Waals surface area (Å²) in [7, 11) is 0. The van der Waals surface area contributed by atoms with Crippen LogP contribution in [0.5, 0.6) is 0 Å². The number of hydrogen-bond donors (Lipinski definition) is 2. The van der Waals surface area contributed by atoms with Gasteiger partial charge >= 0.3 is 0 Å². The summed E-state index contributed by atoms with van der Waals surface area (Å²) in [6.45, 7) is 0.140. The third kappa shape index (κ3) is 5.85. The SMILES string of the molecule is NC(CC(=O)N(Cl)Cc1ccc(F)cc1)c1ccc(C(=O)Nc2ccncc2)cc1. The Kier molecular flexibility index (Phi) is 7.11. The van der Waals surface area contributed by atoms with E-state index in [0.717, 1.165) is 4.42 Å². The van der Waals surface area contributed by atoms with Crippen LogP contribution in [0.1, 0.15) is 33.9 Å². The fourth-order valence-corrected chi connectivity index (χ4v) is 2.97. The zero-order chi connectivity index (χ0) is 21.5. The molecule has 0 aliphatic heterocycles. The number of carbonyl (C=O) groups excluding carboxylic acids is 2. The maximum Gasteiger partial charge on any atom is 0.255 e. The number of anilines is 1. The second-order valence-electron chi connectivity index (χ2n) is 6.66. The minimum atomic E-state index is -0.579. The Morgan fingerprint density at radius 3 is 2.30 bits per heavy atom. The minimum absolute atomic E-state index is 0.00669. The van der Waals surface area contributed by atoms with Crippen LogP contribution < -0.4 is 11.1 Å². The van der Waals surface area contributed by atoms with Gasteiger partial charge in [-0.25, -0.2) is 4.39 Å². The van der Waals surface area contributed by atoms with E-state index in [2.05, 4.69) is 10.3 Å². The van der Waals surface area contributed by atoms with Crippen LogP contribution in [0.25, 0.3) is 0 Å². The van der Waals surface area contributed by atoms with E-state index < -0.39 is 6.04 Å². The predicted molar refractivity (Wildman–Crippen MR) is 113 cm³/mol. The Bertz CT molecular complexity index is 998. The van der Waals surface area contributed by atoms with E-state index in [0.29, 0.717) is 22.4 Å². The van der Waals surface area contributed by atoms with Gasteiger partial charge in [0.2, 0.25) is 5.91 Å². The van der Waals surface area contributed by atoms with Crippen LogP contribution in [-0.2, 0) is 11.3 Å². The van der Waals surface area contributed by atoms with Crippen molar-refractivity contribution < 1.29 is 14.0 Å². The average molecular weight is 427 g/mol. The molecule has 8 heteroatoms. The summed E-state index contributed by atoms with van der Waals surface area (Å²) in [5.74, 6) is -0.970. The van der Waals surface area contributed by atoms with Crippen molar-refractivity contribution >= 4 is 29.3 Å². The van der Waals surface area contributed by atoms with Gasteiger partial charge in [0.15, 0.2) is 0 Å². The van der Waals surface area contributed by atoms with E-state index in [1.54, 1.807) is 60.9 Å². The highest BCUT2D eigenvalue weighted by Crippen LogP contribution is 2.19. The van der Waals surface area contributed by atoms with Gasteiger partial charge in [-0.2, -0.15) is 0 Å². The summed E-state index contributed by atoms with van der Waals surface area (Å²) in [6, 6.07) is 15.3. The number of nitrogens with two attached hydrogens (primary N) is 1. The zero-order valence-corrected chi connectivity index (χ0v) is 16.7. The van der Waals surface area contributed by atoms with Gasteiger partial charge in [0.25, 0.3) is 5.91 Å². The number of carbonyl (C=O) groups is 2. The molecule has 0 saturated carbocycles. The van der Waals surface area contributed by atoms with Crippen LogP contribution in [0.15, 0.2) is 73.1 Å².